The Labute approximate surface area is 158 Å². The van der Waals surface area contributed by atoms with Crippen LogP contribution in [0.5, 0.6) is 5.75 Å². The monoisotopic (exact) mass is 374 g/mol. The second-order valence-electron chi connectivity index (χ2n) is 6.56. The summed E-state index contributed by atoms with van der Waals surface area (Å²) in [5.74, 6) is 0.627. The lowest BCUT2D eigenvalue weighted by Gasteiger charge is -2.34. The molecule has 1 N–H and O–H groups in total. The molecule has 5 nitrogen and oxygen atoms in total. The normalized spacial score (nSPS) is 16.2. The minimum absolute atomic E-state index is 0.0297. The van der Waals surface area contributed by atoms with Crippen molar-refractivity contribution >= 4 is 17.2 Å². The molecule has 1 aromatic carbocycles. The van der Waals surface area contributed by atoms with Crippen LogP contribution in [0.2, 0.25) is 0 Å². The fourth-order valence-electron chi connectivity index (χ4n) is 3.03. The first-order valence-electron chi connectivity index (χ1n) is 8.94. The van der Waals surface area contributed by atoms with Gasteiger partial charge in [-0.25, -0.2) is 0 Å². The van der Waals surface area contributed by atoms with Crippen LogP contribution >= 0.6 is 11.3 Å². The summed E-state index contributed by atoms with van der Waals surface area (Å²) in [6.45, 7) is 7.95. The number of amides is 1. The first-order valence-corrected chi connectivity index (χ1v) is 9.88. The summed E-state index contributed by atoms with van der Waals surface area (Å²) in [5, 5.41) is 7.25. The Hall–Kier alpha value is -1.89. The van der Waals surface area contributed by atoms with Gasteiger partial charge in [0.15, 0.2) is 6.61 Å². The highest BCUT2D eigenvalue weighted by atomic mass is 32.1. The molecule has 6 heteroatoms. The van der Waals surface area contributed by atoms with Crippen molar-refractivity contribution in [2.24, 2.45) is 0 Å². The second-order valence-corrected chi connectivity index (χ2v) is 7.34. The highest BCUT2D eigenvalue weighted by Gasteiger charge is 2.23. The van der Waals surface area contributed by atoms with E-state index in [1.807, 2.05) is 25.1 Å². The molecule has 1 amide bonds. The Kier molecular flexibility index (Phi) is 6.66. The fraction of sp³-hybridized carbons (Fsp3) is 0.450. The molecular formula is C20H26N2O3S. The van der Waals surface area contributed by atoms with E-state index in [0.717, 1.165) is 37.6 Å². The van der Waals surface area contributed by atoms with Crippen molar-refractivity contribution in [2.45, 2.75) is 19.9 Å². The third-order valence-corrected chi connectivity index (χ3v) is 5.46. The average Bonchev–Trinajstić information content (AvgIpc) is 3.18. The van der Waals surface area contributed by atoms with Gasteiger partial charge in [0, 0.05) is 19.6 Å². The number of morpholine rings is 1. The molecule has 1 unspecified atom stereocenters. The molecule has 1 aromatic heterocycles. The summed E-state index contributed by atoms with van der Waals surface area (Å²) in [5.41, 5.74) is 3.62. The molecule has 0 radical (unpaired) electrons. The molecule has 140 valence electrons. The molecule has 2 heterocycles. The number of thiophene rings is 1. The van der Waals surface area contributed by atoms with E-state index in [2.05, 4.69) is 34.0 Å². The Morgan fingerprint density at radius 3 is 2.77 bits per heavy atom. The smallest absolute Gasteiger partial charge is 0.258 e. The number of ether oxygens (including phenoxy) is 2. The number of hydrogen-bond donors (Lipinski definition) is 1. The highest BCUT2D eigenvalue weighted by molar-refractivity contribution is 7.07. The summed E-state index contributed by atoms with van der Waals surface area (Å²) in [7, 11) is 0. The van der Waals surface area contributed by atoms with Gasteiger partial charge in [-0.3, -0.25) is 9.69 Å². The van der Waals surface area contributed by atoms with E-state index in [9.17, 15) is 4.79 Å². The van der Waals surface area contributed by atoms with Crippen molar-refractivity contribution in [1.82, 2.24) is 10.2 Å². The maximum absolute atomic E-state index is 12.2. The van der Waals surface area contributed by atoms with E-state index in [0.29, 0.717) is 6.54 Å². The highest BCUT2D eigenvalue weighted by Crippen LogP contribution is 2.23. The lowest BCUT2D eigenvalue weighted by atomic mass is 10.1. The molecule has 1 fully saturated rings. The van der Waals surface area contributed by atoms with Crippen LogP contribution in [0.1, 0.15) is 22.7 Å². The third kappa shape index (κ3) is 5.06. The van der Waals surface area contributed by atoms with Gasteiger partial charge in [-0.1, -0.05) is 6.07 Å². The average molecular weight is 375 g/mol. The Bertz CT molecular complexity index is 712. The summed E-state index contributed by atoms with van der Waals surface area (Å²) in [4.78, 5) is 14.6. The molecule has 0 bridgehead atoms. The van der Waals surface area contributed by atoms with Gasteiger partial charge in [-0.2, -0.15) is 11.3 Å². The number of rotatable bonds is 7. The van der Waals surface area contributed by atoms with Crippen LogP contribution in [0, 0.1) is 13.8 Å². The van der Waals surface area contributed by atoms with E-state index in [-0.39, 0.29) is 18.6 Å². The molecule has 3 rings (SSSR count). The molecule has 1 atom stereocenters. The molecular weight excluding hydrogens is 348 g/mol. The number of aryl methyl sites for hydroxylation is 2. The molecule has 0 spiro atoms. The van der Waals surface area contributed by atoms with E-state index >= 15 is 0 Å². The number of carbonyl (C=O) groups excluding carboxylic acids is 1. The van der Waals surface area contributed by atoms with Crippen molar-refractivity contribution in [3.8, 4) is 5.75 Å². The van der Waals surface area contributed by atoms with Crippen LogP contribution in [-0.4, -0.2) is 50.3 Å². The van der Waals surface area contributed by atoms with Gasteiger partial charge in [0.05, 0.1) is 19.3 Å². The Balaban J connectivity index is 1.52. The molecule has 1 aliphatic rings. The van der Waals surface area contributed by atoms with Gasteiger partial charge >= 0.3 is 0 Å². The number of nitrogens with one attached hydrogen (secondary N) is 1. The van der Waals surface area contributed by atoms with E-state index in [1.54, 1.807) is 11.3 Å². The van der Waals surface area contributed by atoms with Crippen LogP contribution in [0.15, 0.2) is 35.0 Å². The van der Waals surface area contributed by atoms with Crippen molar-refractivity contribution in [3.05, 3.63) is 51.7 Å². The first kappa shape index (κ1) is 18.9. The van der Waals surface area contributed by atoms with Gasteiger partial charge < -0.3 is 14.8 Å². The molecule has 1 saturated heterocycles. The van der Waals surface area contributed by atoms with Crippen LogP contribution < -0.4 is 10.1 Å². The predicted molar refractivity (Wildman–Crippen MR) is 104 cm³/mol. The quantitative estimate of drug-likeness (QED) is 0.810. The zero-order valence-electron chi connectivity index (χ0n) is 15.4. The lowest BCUT2D eigenvalue weighted by Crippen LogP contribution is -2.44. The number of nitrogens with zero attached hydrogens (tertiary/aromatic N) is 1. The number of hydrogen-bond acceptors (Lipinski definition) is 5. The summed E-state index contributed by atoms with van der Waals surface area (Å²) in [6.07, 6.45) is 0. The van der Waals surface area contributed by atoms with Gasteiger partial charge in [-0.15, -0.1) is 0 Å². The van der Waals surface area contributed by atoms with E-state index in [4.69, 9.17) is 9.47 Å². The fourth-order valence-corrected chi connectivity index (χ4v) is 3.73. The third-order valence-electron chi connectivity index (χ3n) is 4.76. The Morgan fingerprint density at radius 1 is 1.27 bits per heavy atom. The molecule has 2 aromatic rings. The first-order chi connectivity index (χ1) is 12.6. The van der Waals surface area contributed by atoms with Gasteiger partial charge in [0.2, 0.25) is 0 Å². The van der Waals surface area contributed by atoms with Crippen molar-refractivity contribution in [1.29, 1.82) is 0 Å². The number of carbonyl (C=O) groups is 1. The predicted octanol–water partition coefficient (Wildman–Crippen LogP) is 2.93. The van der Waals surface area contributed by atoms with Gasteiger partial charge in [0.1, 0.15) is 5.75 Å². The SMILES string of the molecule is Cc1ccc(OCC(=O)NCC(c2ccsc2)N2CCOCC2)cc1C. The number of benzene rings is 1. The zero-order valence-corrected chi connectivity index (χ0v) is 16.2. The standard InChI is InChI=1S/C20H26N2O3S/c1-15-3-4-18(11-16(15)2)25-13-20(23)21-12-19(17-5-10-26-14-17)22-6-8-24-9-7-22/h3-5,10-11,14,19H,6-9,12-13H2,1-2H3,(H,21,23). The van der Waals surface area contributed by atoms with E-state index < -0.39 is 0 Å². The Morgan fingerprint density at radius 2 is 2.08 bits per heavy atom. The van der Waals surface area contributed by atoms with Gasteiger partial charge in [-0.05, 0) is 59.5 Å². The maximum Gasteiger partial charge on any atom is 0.258 e. The summed E-state index contributed by atoms with van der Waals surface area (Å²) in [6, 6.07) is 8.17. The molecule has 0 saturated carbocycles. The van der Waals surface area contributed by atoms with Crippen LogP contribution in [0.3, 0.4) is 0 Å². The van der Waals surface area contributed by atoms with Crippen LogP contribution in [0.4, 0.5) is 0 Å². The summed E-state index contributed by atoms with van der Waals surface area (Å²) < 4.78 is 11.1. The second kappa shape index (κ2) is 9.16. The zero-order chi connectivity index (χ0) is 18.4. The largest absolute Gasteiger partial charge is 0.484 e. The molecule has 1 aliphatic heterocycles. The maximum atomic E-state index is 12.2. The topological polar surface area (TPSA) is 50.8 Å². The van der Waals surface area contributed by atoms with Crippen LogP contribution in [0.25, 0.3) is 0 Å². The molecule has 26 heavy (non-hydrogen) atoms. The van der Waals surface area contributed by atoms with Crippen molar-refractivity contribution in [2.75, 3.05) is 39.5 Å². The van der Waals surface area contributed by atoms with Gasteiger partial charge in [0.25, 0.3) is 5.91 Å². The van der Waals surface area contributed by atoms with Crippen molar-refractivity contribution in [3.63, 3.8) is 0 Å². The molecule has 0 aliphatic carbocycles. The minimum Gasteiger partial charge on any atom is -0.484 e. The summed E-state index contributed by atoms with van der Waals surface area (Å²) >= 11 is 1.68. The lowest BCUT2D eigenvalue weighted by molar-refractivity contribution is -0.123. The van der Waals surface area contributed by atoms with E-state index in [1.165, 1.54) is 11.1 Å². The minimum atomic E-state index is -0.100. The van der Waals surface area contributed by atoms with Crippen molar-refractivity contribution < 1.29 is 14.3 Å². The van der Waals surface area contributed by atoms with Crippen LogP contribution in [-0.2, 0) is 9.53 Å².